The summed E-state index contributed by atoms with van der Waals surface area (Å²) in [5.41, 5.74) is 0. The zero-order valence-corrected chi connectivity index (χ0v) is 50.3. The van der Waals surface area contributed by atoms with E-state index in [9.17, 15) is 45.6 Å². The van der Waals surface area contributed by atoms with Crippen molar-refractivity contribution >= 4 is 5.91 Å². The number of hydrogen-bond acceptors (Lipinski definition) is 13. The highest BCUT2D eigenvalue weighted by Gasteiger charge is 2.51. The van der Waals surface area contributed by atoms with Gasteiger partial charge in [0.05, 0.1) is 32.0 Å². The molecule has 12 unspecified atom stereocenters. The van der Waals surface area contributed by atoms with Gasteiger partial charge in [-0.05, 0) is 64.2 Å². The van der Waals surface area contributed by atoms with Crippen molar-refractivity contribution in [1.29, 1.82) is 0 Å². The van der Waals surface area contributed by atoms with Gasteiger partial charge in [-0.15, -0.1) is 0 Å². The topological polar surface area (TPSA) is 228 Å². The first-order chi connectivity index (χ1) is 39.1. The summed E-state index contributed by atoms with van der Waals surface area (Å²) in [6.07, 6.45) is 50.1. The molecule has 2 heterocycles. The summed E-state index contributed by atoms with van der Waals surface area (Å²) in [6, 6.07) is -0.944. The van der Waals surface area contributed by atoms with Crippen LogP contribution in [0.1, 0.15) is 258 Å². The Hall–Kier alpha value is -2.31. The van der Waals surface area contributed by atoms with E-state index in [0.29, 0.717) is 12.8 Å². The molecule has 12 atom stereocenters. The zero-order chi connectivity index (χ0) is 58.1. The highest BCUT2D eigenvalue weighted by Crippen LogP contribution is 2.30. The van der Waals surface area contributed by atoms with Crippen LogP contribution < -0.4 is 5.32 Å². The molecule has 2 fully saturated rings. The molecule has 2 aliphatic rings. The molecule has 0 spiro atoms. The summed E-state index contributed by atoms with van der Waals surface area (Å²) in [5.74, 6) is -0.266. The Bertz CT molecular complexity index is 1570. The van der Waals surface area contributed by atoms with E-state index >= 15 is 0 Å². The molecule has 0 radical (unpaired) electrons. The molecule has 0 saturated carbocycles. The van der Waals surface area contributed by atoms with Crippen LogP contribution in [0.15, 0.2) is 60.8 Å². The largest absolute Gasteiger partial charge is 0.394 e. The smallest absolute Gasteiger partial charge is 0.220 e. The Kier molecular flexibility index (Phi) is 47.2. The highest BCUT2D eigenvalue weighted by molar-refractivity contribution is 5.76. The third-order valence-electron chi connectivity index (χ3n) is 15.7. The van der Waals surface area contributed by atoms with Crippen LogP contribution in [0.2, 0.25) is 0 Å². The second-order valence-corrected chi connectivity index (χ2v) is 22.9. The first-order valence-corrected chi connectivity index (χ1v) is 32.5. The SMILES string of the molecule is CC/C=C\C/C=C\C/C=C\CCCCCCCC(=O)NC(COC1OC(CO)C(OC2OC(CO)C(O)C(O)C2O)C(O)C1O)C(O)/C=C/CC/C=C/CCCCCCCCCCCCCCCCCCCCCCCCCCC. The molecule has 0 aromatic rings. The van der Waals surface area contributed by atoms with Gasteiger partial charge >= 0.3 is 0 Å². The predicted octanol–water partition coefficient (Wildman–Crippen LogP) is 12.1. The molecule has 466 valence electrons. The van der Waals surface area contributed by atoms with Crippen molar-refractivity contribution in [3.63, 3.8) is 0 Å². The average Bonchev–Trinajstić information content (AvgIpc) is 3.46. The first-order valence-electron chi connectivity index (χ1n) is 32.5. The summed E-state index contributed by atoms with van der Waals surface area (Å²) < 4.78 is 22.8. The van der Waals surface area contributed by atoms with Crippen LogP contribution in [0.25, 0.3) is 0 Å². The van der Waals surface area contributed by atoms with Gasteiger partial charge in [0.2, 0.25) is 5.91 Å². The molecule has 0 aromatic carbocycles. The molecule has 14 nitrogen and oxygen atoms in total. The van der Waals surface area contributed by atoms with Crippen molar-refractivity contribution in [2.24, 2.45) is 0 Å². The van der Waals surface area contributed by atoms with Crippen molar-refractivity contribution in [2.75, 3.05) is 19.8 Å². The van der Waals surface area contributed by atoms with E-state index in [1.54, 1.807) is 6.08 Å². The third kappa shape index (κ3) is 35.7. The minimum Gasteiger partial charge on any atom is -0.394 e. The van der Waals surface area contributed by atoms with E-state index in [0.717, 1.165) is 64.2 Å². The van der Waals surface area contributed by atoms with Gasteiger partial charge in [-0.25, -0.2) is 0 Å². The summed E-state index contributed by atoms with van der Waals surface area (Å²) >= 11 is 0. The Morgan fingerprint density at radius 1 is 0.463 bits per heavy atom. The third-order valence-corrected chi connectivity index (χ3v) is 15.7. The molecule has 2 aliphatic heterocycles. The quantitative estimate of drug-likeness (QED) is 0.0204. The van der Waals surface area contributed by atoms with E-state index in [1.807, 2.05) is 6.08 Å². The van der Waals surface area contributed by atoms with Crippen LogP contribution in [0.4, 0.5) is 0 Å². The number of aliphatic hydroxyl groups is 8. The lowest BCUT2D eigenvalue weighted by molar-refractivity contribution is -0.359. The maximum atomic E-state index is 13.2. The molecule has 14 heteroatoms. The number of aliphatic hydroxyl groups excluding tert-OH is 8. The molecule has 0 aliphatic carbocycles. The zero-order valence-electron chi connectivity index (χ0n) is 50.3. The minimum absolute atomic E-state index is 0.252. The molecule has 2 saturated heterocycles. The second-order valence-electron chi connectivity index (χ2n) is 22.9. The van der Waals surface area contributed by atoms with Crippen LogP contribution in [-0.2, 0) is 23.7 Å². The van der Waals surface area contributed by atoms with Gasteiger partial charge in [0.1, 0.15) is 48.8 Å². The molecule has 0 bridgehead atoms. The lowest BCUT2D eigenvalue weighted by Crippen LogP contribution is -2.65. The molecule has 80 heavy (non-hydrogen) atoms. The van der Waals surface area contributed by atoms with Gasteiger partial charge < -0.3 is 65.1 Å². The van der Waals surface area contributed by atoms with Gasteiger partial charge in [0.25, 0.3) is 0 Å². The Morgan fingerprint density at radius 2 is 0.875 bits per heavy atom. The van der Waals surface area contributed by atoms with Crippen molar-refractivity contribution in [3.8, 4) is 0 Å². The van der Waals surface area contributed by atoms with Crippen molar-refractivity contribution < 1.29 is 64.6 Å². The number of rotatable bonds is 52. The van der Waals surface area contributed by atoms with Gasteiger partial charge in [-0.3, -0.25) is 4.79 Å². The summed E-state index contributed by atoms with van der Waals surface area (Å²) in [5, 5.41) is 87.1. The van der Waals surface area contributed by atoms with Crippen molar-refractivity contribution in [2.45, 2.75) is 331 Å². The number of unbranched alkanes of at least 4 members (excludes halogenated alkanes) is 31. The number of nitrogens with one attached hydrogen (secondary N) is 1. The van der Waals surface area contributed by atoms with Crippen molar-refractivity contribution in [3.05, 3.63) is 60.8 Å². The second kappa shape index (κ2) is 51.1. The fourth-order valence-electron chi connectivity index (χ4n) is 10.5. The fourth-order valence-corrected chi connectivity index (χ4v) is 10.5. The number of amides is 1. The Labute approximate surface area is 486 Å². The van der Waals surface area contributed by atoms with E-state index < -0.39 is 86.8 Å². The Balaban J connectivity index is 1.69. The highest BCUT2D eigenvalue weighted by atomic mass is 16.7. The minimum atomic E-state index is -1.80. The van der Waals surface area contributed by atoms with Crippen LogP contribution in [0.5, 0.6) is 0 Å². The van der Waals surface area contributed by atoms with Gasteiger partial charge in [-0.1, -0.05) is 248 Å². The van der Waals surface area contributed by atoms with Crippen LogP contribution in [0.3, 0.4) is 0 Å². The molecular weight excluding hydrogens is 1010 g/mol. The molecule has 9 N–H and O–H groups in total. The van der Waals surface area contributed by atoms with Crippen LogP contribution in [0, 0.1) is 0 Å². The van der Waals surface area contributed by atoms with Gasteiger partial charge in [0, 0.05) is 6.42 Å². The number of allylic oxidation sites excluding steroid dienone is 9. The average molecular weight is 1130 g/mol. The molecule has 1 amide bonds. The number of hydrogen-bond donors (Lipinski definition) is 9. The van der Waals surface area contributed by atoms with Crippen LogP contribution >= 0.6 is 0 Å². The first kappa shape index (κ1) is 73.8. The number of ether oxygens (including phenoxy) is 4. The number of carbonyl (C=O) groups excluding carboxylic acids is 1. The maximum absolute atomic E-state index is 13.2. The summed E-state index contributed by atoms with van der Waals surface area (Å²) in [7, 11) is 0. The fraction of sp³-hybridized carbons (Fsp3) is 0.833. The van der Waals surface area contributed by atoms with E-state index in [1.165, 1.54) is 161 Å². The predicted molar refractivity (Wildman–Crippen MR) is 323 cm³/mol. The van der Waals surface area contributed by atoms with Gasteiger partial charge in [-0.2, -0.15) is 0 Å². The van der Waals surface area contributed by atoms with E-state index in [4.69, 9.17) is 18.9 Å². The molecular formula is C66H119NO13. The summed E-state index contributed by atoms with van der Waals surface area (Å²) in [6.45, 7) is 2.67. The lowest BCUT2D eigenvalue weighted by atomic mass is 9.97. The van der Waals surface area contributed by atoms with Gasteiger partial charge in [0.15, 0.2) is 12.6 Å². The number of carbonyl (C=O) groups is 1. The van der Waals surface area contributed by atoms with Crippen molar-refractivity contribution in [1.82, 2.24) is 5.32 Å². The maximum Gasteiger partial charge on any atom is 0.220 e. The standard InChI is InChI=1S/C66H119NO13/c1-3-5-7-9-11-13-15-17-19-20-21-22-23-24-25-26-27-28-29-30-31-32-33-34-36-37-39-41-43-45-47-49-55(70)54(67-58(71)50-48-46-44-42-40-38-35-18-16-14-12-10-8-6-4-2)53-77-65-63(76)61(74)64(57(52-69)79-65)80-66-62(75)60(73)59(72)56(51-68)78-66/h6,8,12,14,18,35,39,41,47,49,54-57,59-66,68-70,72-76H,3-5,7,9-11,13,15-17,19-34,36-38,40,42-46,48,50-53H2,1-2H3,(H,67,71)/b8-6-,14-12-,35-18-,41-39+,49-47+. The summed E-state index contributed by atoms with van der Waals surface area (Å²) in [4.78, 5) is 13.2. The molecule has 2 rings (SSSR count). The van der Waals surface area contributed by atoms with E-state index in [2.05, 4.69) is 67.8 Å². The van der Waals surface area contributed by atoms with Crippen LogP contribution in [-0.4, -0.2) is 140 Å². The molecule has 0 aromatic heterocycles. The van der Waals surface area contributed by atoms with E-state index in [-0.39, 0.29) is 18.9 Å². The Morgan fingerprint density at radius 3 is 1.38 bits per heavy atom. The monoisotopic (exact) mass is 1130 g/mol. The lowest BCUT2D eigenvalue weighted by Gasteiger charge is -2.46. The normalized spacial score (nSPS) is 24.6.